The smallest absolute Gasteiger partial charge is 0.435 e. The van der Waals surface area contributed by atoms with Gasteiger partial charge >= 0.3 is 12.1 Å². The summed E-state index contributed by atoms with van der Waals surface area (Å²) in [6, 6.07) is 2.08. The van der Waals surface area contributed by atoms with E-state index in [1.54, 1.807) is 0 Å². The number of anilines is 1. The summed E-state index contributed by atoms with van der Waals surface area (Å²) in [5.41, 5.74) is -2.12. The third kappa shape index (κ3) is 4.29. The van der Waals surface area contributed by atoms with Gasteiger partial charge < -0.3 is 4.74 Å². The zero-order chi connectivity index (χ0) is 18.8. The van der Waals surface area contributed by atoms with Gasteiger partial charge in [-0.25, -0.2) is 18.6 Å². The SMILES string of the molecule is CCOC(=O)c1sc(NC(=O)c2ccc(F)cc2F)nc1C(F)(F)F. The molecule has 0 aliphatic heterocycles. The molecular formula is C14H9F5N2O3S. The quantitative estimate of drug-likeness (QED) is 0.646. The normalized spacial score (nSPS) is 11.3. The van der Waals surface area contributed by atoms with Crippen molar-refractivity contribution < 1.29 is 36.3 Å². The lowest BCUT2D eigenvalue weighted by molar-refractivity contribution is -0.141. The molecule has 1 heterocycles. The van der Waals surface area contributed by atoms with Crippen molar-refractivity contribution in [1.82, 2.24) is 4.98 Å². The number of halogens is 5. The molecule has 0 saturated carbocycles. The van der Waals surface area contributed by atoms with Gasteiger partial charge in [0.1, 0.15) is 16.5 Å². The molecule has 0 saturated heterocycles. The topological polar surface area (TPSA) is 68.3 Å². The number of amides is 1. The second-order valence-electron chi connectivity index (χ2n) is 4.49. The van der Waals surface area contributed by atoms with Crippen molar-refractivity contribution in [2.24, 2.45) is 0 Å². The molecule has 0 aliphatic rings. The van der Waals surface area contributed by atoms with Crippen LogP contribution in [0, 0.1) is 11.6 Å². The van der Waals surface area contributed by atoms with Crippen LogP contribution in [-0.4, -0.2) is 23.5 Å². The Hall–Kier alpha value is -2.56. The number of alkyl halides is 3. The van der Waals surface area contributed by atoms with Crippen LogP contribution in [-0.2, 0) is 10.9 Å². The monoisotopic (exact) mass is 380 g/mol. The molecule has 0 unspecified atom stereocenters. The van der Waals surface area contributed by atoms with Gasteiger partial charge in [-0.1, -0.05) is 11.3 Å². The fourth-order valence-electron chi connectivity index (χ4n) is 1.74. The lowest BCUT2D eigenvalue weighted by Crippen LogP contribution is -2.15. The second kappa shape index (κ2) is 7.13. The summed E-state index contributed by atoms with van der Waals surface area (Å²) < 4.78 is 69.7. The molecule has 11 heteroatoms. The predicted molar refractivity (Wildman–Crippen MR) is 77.4 cm³/mol. The van der Waals surface area contributed by atoms with Crippen molar-refractivity contribution in [3.05, 3.63) is 46.0 Å². The fourth-order valence-corrected chi connectivity index (χ4v) is 2.61. The summed E-state index contributed by atoms with van der Waals surface area (Å²) in [6.07, 6.45) is -4.96. The van der Waals surface area contributed by atoms with Gasteiger partial charge in [0.25, 0.3) is 5.91 Å². The van der Waals surface area contributed by atoms with E-state index in [-0.39, 0.29) is 17.9 Å². The van der Waals surface area contributed by atoms with Crippen LogP contribution < -0.4 is 5.32 Å². The number of ether oxygens (including phenoxy) is 1. The maximum Gasteiger partial charge on any atom is 0.435 e. The number of thiazole rings is 1. The minimum Gasteiger partial charge on any atom is -0.462 e. The number of esters is 1. The Morgan fingerprint density at radius 3 is 2.52 bits per heavy atom. The van der Waals surface area contributed by atoms with Crippen LogP contribution in [0.3, 0.4) is 0 Å². The second-order valence-corrected chi connectivity index (χ2v) is 5.49. The fraction of sp³-hybridized carbons (Fsp3) is 0.214. The average Bonchev–Trinajstić information content (AvgIpc) is 2.91. The van der Waals surface area contributed by atoms with Gasteiger partial charge in [-0.3, -0.25) is 10.1 Å². The van der Waals surface area contributed by atoms with E-state index >= 15 is 0 Å². The number of benzene rings is 1. The Bertz CT molecular complexity index is 819. The van der Waals surface area contributed by atoms with E-state index in [4.69, 9.17) is 0 Å². The van der Waals surface area contributed by atoms with Crippen molar-refractivity contribution >= 4 is 28.3 Å². The number of hydrogen-bond acceptors (Lipinski definition) is 5. The van der Waals surface area contributed by atoms with Gasteiger partial charge in [-0.2, -0.15) is 13.2 Å². The van der Waals surface area contributed by atoms with Crippen molar-refractivity contribution in [3.63, 3.8) is 0 Å². The van der Waals surface area contributed by atoms with E-state index in [9.17, 15) is 31.5 Å². The highest BCUT2D eigenvalue weighted by Crippen LogP contribution is 2.36. The summed E-state index contributed by atoms with van der Waals surface area (Å²) in [5.74, 6) is -4.51. The molecule has 5 nitrogen and oxygen atoms in total. The van der Waals surface area contributed by atoms with Crippen LogP contribution >= 0.6 is 11.3 Å². The Balaban J connectivity index is 2.33. The van der Waals surface area contributed by atoms with E-state index in [1.807, 2.05) is 5.32 Å². The zero-order valence-electron chi connectivity index (χ0n) is 12.4. The first kappa shape index (κ1) is 18.8. The molecule has 0 atom stereocenters. The highest BCUT2D eigenvalue weighted by atomic mass is 32.1. The maximum absolute atomic E-state index is 13.5. The van der Waals surface area contributed by atoms with Crippen LogP contribution in [0.25, 0.3) is 0 Å². The van der Waals surface area contributed by atoms with Gasteiger partial charge in [0.15, 0.2) is 10.8 Å². The maximum atomic E-state index is 13.5. The minimum atomic E-state index is -4.96. The van der Waals surface area contributed by atoms with E-state index in [2.05, 4.69) is 9.72 Å². The molecule has 1 aromatic heterocycles. The molecule has 0 bridgehead atoms. The molecular weight excluding hydrogens is 371 g/mol. The van der Waals surface area contributed by atoms with Crippen LogP contribution in [0.2, 0.25) is 0 Å². The van der Waals surface area contributed by atoms with Gasteiger partial charge in [0.2, 0.25) is 0 Å². The number of carbonyl (C=O) groups is 2. The summed E-state index contributed by atoms with van der Waals surface area (Å²) in [5, 5.41) is 1.37. The first-order valence-electron chi connectivity index (χ1n) is 6.65. The summed E-state index contributed by atoms with van der Waals surface area (Å²) in [6.45, 7) is 1.25. The predicted octanol–water partition coefficient (Wildman–Crippen LogP) is 3.87. The Morgan fingerprint density at radius 1 is 1.28 bits per heavy atom. The summed E-state index contributed by atoms with van der Waals surface area (Å²) in [4.78, 5) is 25.8. The lowest BCUT2D eigenvalue weighted by atomic mass is 10.2. The molecule has 0 aliphatic carbocycles. The Morgan fingerprint density at radius 2 is 1.96 bits per heavy atom. The third-order valence-electron chi connectivity index (χ3n) is 2.75. The van der Waals surface area contributed by atoms with Gasteiger partial charge in [-0.05, 0) is 19.1 Å². The summed E-state index contributed by atoms with van der Waals surface area (Å²) in [7, 11) is 0. The number of aromatic nitrogens is 1. The van der Waals surface area contributed by atoms with E-state index in [0.717, 1.165) is 12.1 Å². The average molecular weight is 380 g/mol. The van der Waals surface area contributed by atoms with Crippen LogP contribution in [0.5, 0.6) is 0 Å². The molecule has 0 spiro atoms. The number of nitrogens with one attached hydrogen (secondary N) is 1. The van der Waals surface area contributed by atoms with Crippen molar-refractivity contribution in [2.75, 3.05) is 11.9 Å². The Kier molecular flexibility index (Phi) is 5.36. The number of hydrogen-bond donors (Lipinski definition) is 1. The van der Waals surface area contributed by atoms with Gasteiger partial charge in [-0.15, -0.1) is 0 Å². The lowest BCUT2D eigenvalue weighted by Gasteiger charge is -2.05. The highest BCUT2D eigenvalue weighted by Gasteiger charge is 2.40. The van der Waals surface area contributed by atoms with Gasteiger partial charge in [0, 0.05) is 6.07 Å². The number of carbonyl (C=O) groups excluding carboxylic acids is 2. The van der Waals surface area contributed by atoms with E-state index in [0.29, 0.717) is 6.07 Å². The number of nitrogens with zero attached hydrogens (tertiary/aromatic N) is 1. The standard InChI is InChI=1S/C14H9F5N2O3S/c1-2-24-12(23)9-10(14(17,18)19)20-13(25-9)21-11(22)7-4-3-6(15)5-8(7)16/h3-5H,2H2,1H3,(H,20,21,22). The molecule has 0 radical (unpaired) electrons. The van der Waals surface area contributed by atoms with E-state index in [1.165, 1.54) is 6.92 Å². The number of rotatable bonds is 4. The molecule has 25 heavy (non-hydrogen) atoms. The molecule has 2 aromatic rings. The van der Waals surface area contributed by atoms with Crippen molar-refractivity contribution in [1.29, 1.82) is 0 Å². The molecule has 1 N–H and O–H groups in total. The van der Waals surface area contributed by atoms with Crippen LogP contribution in [0.4, 0.5) is 27.1 Å². The Labute approximate surface area is 141 Å². The molecule has 1 amide bonds. The molecule has 2 rings (SSSR count). The minimum absolute atomic E-state index is 0.156. The van der Waals surface area contributed by atoms with Crippen molar-refractivity contribution in [3.8, 4) is 0 Å². The largest absolute Gasteiger partial charge is 0.462 e. The third-order valence-corrected chi connectivity index (χ3v) is 3.70. The summed E-state index contributed by atoms with van der Waals surface area (Å²) >= 11 is 0.232. The zero-order valence-corrected chi connectivity index (χ0v) is 13.2. The first-order valence-corrected chi connectivity index (χ1v) is 7.46. The molecule has 134 valence electrons. The van der Waals surface area contributed by atoms with Gasteiger partial charge in [0.05, 0.1) is 12.2 Å². The highest BCUT2D eigenvalue weighted by molar-refractivity contribution is 7.17. The first-order chi connectivity index (χ1) is 11.6. The molecule has 1 aromatic carbocycles. The molecule has 0 fully saturated rings. The van der Waals surface area contributed by atoms with Crippen molar-refractivity contribution in [2.45, 2.75) is 13.1 Å². The van der Waals surface area contributed by atoms with E-state index < -0.39 is 51.0 Å². The van der Waals surface area contributed by atoms with Crippen LogP contribution in [0.1, 0.15) is 32.6 Å². The van der Waals surface area contributed by atoms with Crippen LogP contribution in [0.15, 0.2) is 18.2 Å².